The molecule has 0 saturated carbocycles. The summed E-state index contributed by atoms with van der Waals surface area (Å²) >= 11 is 6.24. The molecule has 1 amide bonds. The topological polar surface area (TPSA) is 111 Å². The fourth-order valence-corrected chi connectivity index (χ4v) is 3.39. The van der Waals surface area contributed by atoms with Crippen molar-refractivity contribution >= 4 is 23.5 Å². The third-order valence-electron chi connectivity index (χ3n) is 4.47. The normalized spacial score (nSPS) is 10.8. The van der Waals surface area contributed by atoms with E-state index in [0.717, 1.165) is 0 Å². The maximum absolute atomic E-state index is 14.1. The molecule has 0 aliphatic carbocycles. The molecule has 0 saturated heterocycles. The minimum atomic E-state index is -0.578. The highest BCUT2D eigenvalue weighted by Crippen LogP contribution is 2.40. The number of aromatic amines is 1. The Kier molecular flexibility index (Phi) is 4.74. The van der Waals surface area contributed by atoms with Crippen molar-refractivity contribution in [3.05, 3.63) is 77.2 Å². The van der Waals surface area contributed by atoms with E-state index in [1.165, 1.54) is 12.3 Å². The molecule has 8 heteroatoms. The van der Waals surface area contributed by atoms with Crippen molar-refractivity contribution in [2.45, 2.75) is 0 Å². The van der Waals surface area contributed by atoms with Gasteiger partial charge in [-0.15, -0.1) is 0 Å². The lowest BCUT2D eigenvalue weighted by atomic mass is 9.96. The van der Waals surface area contributed by atoms with Crippen LogP contribution in [-0.2, 0) is 0 Å². The summed E-state index contributed by atoms with van der Waals surface area (Å²) in [6, 6.07) is 14.9. The predicted molar refractivity (Wildman–Crippen MR) is 111 cm³/mol. The summed E-state index contributed by atoms with van der Waals surface area (Å²) in [5.41, 5.74) is 14.9. The summed E-state index contributed by atoms with van der Waals surface area (Å²) in [5, 5.41) is -0.0408. The molecule has 144 valence electrons. The van der Waals surface area contributed by atoms with Gasteiger partial charge in [0.1, 0.15) is 5.82 Å². The number of nitrogens with two attached hydrogens (primary N) is 2. The van der Waals surface area contributed by atoms with Crippen molar-refractivity contribution in [1.29, 1.82) is 0 Å². The lowest BCUT2D eigenvalue weighted by molar-refractivity contribution is 0.100. The maximum atomic E-state index is 14.1. The van der Waals surface area contributed by atoms with E-state index in [1.54, 1.807) is 48.5 Å². The van der Waals surface area contributed by atoms with E-state index in [9.17, 15) is 9.18 Å². The second-order valence-electron chi connectivity index (χ2n) is 6.28. The van der Waals surface area contributed by atoms with Crippen molar-refractivity contribution in [1.82, 2.24) is 15.0 Å². The fraction of sp³-hybridized carbons (Fsp3) is 0. The van der Waals surface area contributed by atoms with Gasteiger partial charge in [0.15, 0.2) is 0 Å². The zero-order valence-corrected chi connectivity index (χ0v) is 15.7. The number of amides is 1. The molecule has 2 aromatic carbocycles. The van der Waals surface area contributed by atoms with Crippen LogP contribution in [0, 0.1) is 5.82 Å². The van der Waals surface area contributed by atoms with E-state index in [-0.39, 0.29) is 11.0 Å². The Hall–Kier alpha value is -3.71. The number of aromatic nitrogens is 3. The number of carbonyl (C=O) groups excluding carboxylic acids is 1. The first-order valence-corrected chi connectivity index (χ1v) is 8.99. The molecule has 6 nitrogen and oxygen atoms in total. The molecule has 4 rings (SSSR count). The van der Waals surface area contributed by atoms with Crippen LogP contribution in [0.1, 0.15) is 10.4 Å². The highest BCUT2D eigenvalue weighted by atomic mass is 35.5. The van der Waals surface area contributed by atoms with Gasteiger partial charge in [0.2, 0.25) is 11.9 Å². The van der Waals surface area contributed by atoms with Crippen LogP contribution in [0.5, 0.6) is 0 Å². The van der Waals surface area contributed by atoms with Crippen LogP contribution in [0.25, 0.3) is 33.8 Å². The highest BCUT2D eigenvalue weighted by Gasteiger charge is 2.20. The molecule has 2 heterocycles. The van der Waals surface area contributed by atoms with Gasteiger partial charge in [-0.2, -0.15) is 0 Å². The average molecular weight is 408 g/mol. The molecule has 0 fully saturated rings. The van der Waals surface area contributed by atoms with Crippen LogP contribution >= 0.6 is 11.6 Å². The number of hydrogen-bond acceptors (Lipinski definition) is 4. The number of H-pyrrole nitrogens is 1. The molecule has 0 spiro atoms. The Morgan fingerprint density at radius 2 is 1.79 bits per heavy atom. The van der Waals surface area contributed by atoms with E-state index in [4.69, 9.17) is 23.1 Å². The van der Waals surface area contributed by atoms with Crippen molar-refractivity contribution in [2.24, 2.45) is 5.73 Å². The molecule has 0 bridgehead atoms. The lowest BCUT2D eigenvalue weighted by Gasteiger charge is -2.10. The summed E-state index contributed by atoms with van der Waals surface area (Å²) in [6.45, 7) is 0. The van der Waals surface area contributed by atoms with Gasteiger partial charge in [-0.05, 0) is 29.8 Å². The molecule has 0 aliphatic heterocycles. The SMILES string of the molecule is NC(=O)c1ccccc1-c1cc(-c2ccnc(N)n2)[nH]c1-c1cccc(F)c1Cl. The van der Waals surface area contributed by atoms with E-state index in [0.29, 0.717) is 39.3 Å². The molecule has 29 heavy (non-hydrogen) atoms. The van der Waals surface area contributed by atoms with Gasteiger partial charge in [-0.3, -0.25) is 4.79 Å². The second kappa shape index (κ2) is 7.37. The Bertz CT molecular complexity index is 1240. The van der Waals surface area contributed by atoms with Crippen LogP contribution in [0.15, 0.2) is 60.8 Å². The van der Waals surface area contributed by atoms with Crippen molar-refractivity contribution < 1.29 is 9.18 Å². The van der Waals surface area contributed by atoms with E-state index >= 15 is 0 Å². The number of nitrogens with one attached hydrogen (secondary N) is 1. The average Bonchev–Trinajstić information content (AvgIpc) is 3.15. The summed E-state index contributed by atoms with van der Waals surface area (Å²) in [5.74, 6) is -1.02. The first-order valence-electron chi connectivity index (χ1n) is 8.61. The number of halogens is 2. The number of nitrogen functional groups attached to an aromatic ring is 1. The van der Waals surface area contributed by atoms with E-state index in [1.807, 2.05) is 0 Å². The number of anilines is 1. The Balaban J connectivity index is 2.02. The molecule has 2 aromatic heterocycles. The van der Waals surface area contributed by atoms with Crippen molar-refractivity contribution in [3.63, 3.8) is 0 Å². The van der Waals surface area contributed by atoms with Crippen LogP contribution in [-0.4, -0.2) is 20.9 Å². The third kappa shape index (κ3) is 3.43. The van der Waals surface area contributed by atoms with Gasteiger partial charge in [0, 0.05) is 22.9 Å². The summed E-state index contributed by atoms with van der Waals surface area (Å²) in [6.07, 6.45) is 1.53. The van der Waals surface area contributed by atoms with Crippen LogP contribution in [0.4, 0.5) is 10.3 Å². The summed E-state index contributed by atoms with van der Waals surface area (Å²) < 4.78 is 14.1. The summed E-state index contributed by atoms with van der Waals surface area (Å²) in [7, 11) is 0. The third-order valence-corrected chi connectivity index (χ3v) is 4.86. The molecule has 0 aliphatic rings. The minimum Gasteiger partial charge on any atom is -0.368 e. The largest absolute Gasteiger partial charge is 0.368 e. The highest BCUT2D eigenvalue weighted by molar-refractivity contribution is 6.33. The van der Waals surface area contributed by atoms with Crippen LogP contribution < -0.4 is 11.5 Å². The minimum absolute atomic E-state index is 0.0408. The number of rotatable bonds is 4. The zero-order valence-electron chi connectivity index (χ0n) is 15.0. The van der Waals surface area contributed by atoms with E-state index in [2.05, 4.69) is 15.0 Å². The number of primary amides is 1. The van der Waals surface area contributed by atoms with E-state index < -0.39 is 11.7 Å². The molecule has 0 atom stereocenters. The molecule has 0 radical (unpaired) electrons. The quantitative estimate of drug-likeness (QED) is 0.468. The monoisotopic (exact) mass is 407 g/mol. The molecule has 4 aromatic rings. The van der Waals surface area contributed by atoms with Gasteiger partial charge < -0.3 is 16.5 Å². The maximum Gasteiger partial charge on any atom is 0.249 e. The van der Waals surface area contributed by atoms with Crippen molar-refractivity contribution in [2.75, 3.05) is 5.73 Å². The second-order valence-corrected chi connectivity index (χ2v) is 6.66. The Morgan fingerprint density at radius 1 is 1.03 bits per heavy atom. The molecular formula is C21H15ClFN5O. The number of carbonyl (C=O) groups is 1. The van der Waals surface area contributed by atoms with Gasteiger partial charge in [-0.1, -0.05) is 41.9 Å². The number of nitrogens with zero attached hydrogens (tertiary/aromatic N) is 2. The number of benzene rings is 2. The first-order chi connectivity index (χ1) is 14.0. The Morgan fingerprint density at radius 3 is 2.55 bits per heavy atom. The van der Waals surface area contributed by atoms with Gasteiger partial charge >= 0.3 is 0 Å². The molecular weight excluding hydrogens is 393 g/mol. The first kappa shape index (κ1) is 18.6. The molecule has 5 N–H and O–H groups in total. The number of hydrogen-bond donors (Lipinski definition) is 3. The smallest absolute Gasteiger partial charge is 0.249 e. The lowest BCUT2D eigenvalue weighted by Crippen LogP contribution is -2.12. The molecule has 0 unspecified atom stereocenters. The fourth-order valence-electron chi connectivity index (χ4n) is 3.17. The predicted octanol–water partition coefficient (Wildman–Crippen LogP) is 4.28. The standard InChI is InChI=1S/C21H15ClFN5O/c22-18-13(6-3-7-15(18)23)19-14(11-4-1-2-5-12(11)20(24)29)10-17(27-19)16-8-9-26-21(25)28-16/h1-10,27H,(H2,24,29)(H2,25,26,28). The van der Waals surface area contributed by atoms with Gasteiger partial charge in [0.05, 0.1) is 22.1 Å². The van der Waals surface area contributed by atoms with Crippen molar-refractivity contribution in [3.8, 4) is 33.8 Å². The van der Waals surface area contributed by atoms with Crippen LogP contribution in [0.2, 0.25) is 5.02 Å². The van der Waals surface area contributed by atoms with Crippen LogP contribution in [0.3, 0.4) is 0 Å². The summed E-state index contributed by atoms with van der Waals surface area (Å²) in [4.78, 5) is 23.3. The van der Waals surface area contributed by atoms with Gasteiger partial charge in [-0.25, -0.2) is 14.4 Å². The zero-order chi connectivity index (χ0) is 20.5. The Labute approximate surface area is 170 Å². The van der Waals surface area contributed by atoms with Gasteiger partial charge in [0.25, 0.3) is 0 Å².